The first kappa shape index (κ1) is 24.1. The summed E-state index contributed by atoms with van der Waals surface area (Å²) >= 11 is 0. The molecule has 34 heavy (non-hydrogen) atoms. The lowest BCUT2D eigenvalue weighted by Gasteiger charge is -2.40. The zero-order valence-electron chi connectivity index (χ0n) is 19.8. The molecule has 0 unspecified atom stereocenters. The maximum Gasteiger partial charge on any atom is 0.164 e. The standard InChI is InChI=1S/C30H32O4/c1-5-26-27(34-28(3,4)33-26)29(31,6-2)22-32-30(23-16-10-7-11-17-23,24-18-12-8-13-19-24)25-20-14-9-15-21-25/h5-21,26-27,31H,1-2,22H2,3-4H3/t26-,27-,29-/m0/s1. The number of rotatable bonds is 9. The molecule has 4 nitrogen and oxygen atoms in total. The maximum atomic E-state index is 11.8. The Labute approximate surface area is 202 Å². The molecule has 0 aliphatic carbocycles. The minimum Gasteiger partial charge on any atom is -0.381 e. The van der Waals surface area contributed by atoms with Crippen molar-refractivity contribution < 1.29 is 19.3 Å². The monoisotopic (exact) mass is 456 g/mol. The van der Waals surface area contributed by atoms with Crippen molar-refractivity contribution in [3.63, 3.8) is 0 Å². The highest BCUT2D eigenvalue weighted by Gasteiger charge is 2.51. The third-order valence-electron chi connectivity index (χ3n) is 6.27. The van der Waals surface area contributed by atoms with Crippen molar-refractivity contribution in [3.05, 3.63) is 133 Å². The van der Waals surface area contributed by atoms with Crippen LogP contribution in [0.4, 0.5) is 0 Å². The average Bonchev–Trinajstić information content (AvgIpc) is 3.21. The summed E-state index contributed by atoms with van der Waals surface area (Å²) in [5.41, 5.74) is 0.337. The van der Waals surface area contributed by atoms with E-state index in [9.17, 15) is 5.11 Å². The van der Waals surface area contributed by atoms with E-state index in [4.69, 9.17) is 14.2 Å². The van der Waals surface area contributed by atoms with Gasteiger partial charge in [-0.2, -0.15) is 0 Å². The van der Waals surface area contributed by atoms with Gasteiger partial charge in [0.15, 0.2) is 5.79 Å². The second kappa shape index (κ2) is 9.69. The van der Waals surface area contributed by atoms with Gasteiger partial charge in [0, 0.05) is 0 Å². The molecular formula is C30H32O4. The van der Waals surface area contributed by atoms with Gasteiger partial charge in [0.2, 0.25) is 0 Å². The summed E-state index contributed by atoms with van der Waals surface area (Å²) in [6, 6.07) is 30.1. The highest BCUT2D eigenvalue weighted by atomic mass is 16.8. The number of ether oxygens (including phenoxy) is 3. The first-order valence-electron chi connectivity index (χ1n) is 11.5. The Bertz CT molecular complexity index is 998. The van der Waals surface area contributed by atoms with Crippen molar-refractivity contribution in [3.8, 4) is 0 Å². The molecule has 1 aliphatic heterocycles. The van der Waals surface area contributed by atoms with Gasteiger partial charge in [0.25, 0.3) is 0 Å². The molecule has 1 fully saturated rings. The van der Waals surface area contributed by atoms with Crippen molar-refractivity contribution >= 4 is 0 Å². The molecule has 0 aromatic heterocycles. The third-order valence-corrected chi connectivity index (χ3v) is 6.27. The molecule has 176 valence electrons. The lowest BCUT2D eigenvalue weighted by molar-refractivity contribution is -0.176. The molecular weight excluding hydrogens is 424 g/mol. The Balaban J connectivity index is 1.82. The molecule has 1 N–H and O–H groups in total. The average molecular weight is 457 g/mol. The Kier molecular flexibility index (Phi) is 6.87. The lowest BCUT2D eigenvalue weighted by Crippen LogP contribution is -2.51. The van der Waals surface area contributed by atoms with Crippen LogP contribution in [0.2, 0.25) is 0 Å². The number of aliphatic hydroxyl groups is 1. The Morgan fingerprint density at radius 3 is 1.65 bits per heavy atom. The van der Waals surface area contributed by atoms with Gasteiger partial charge in [-0.1, -0.05) is 103 Å². The fourth-order valence-electron chi connectivity index (χ4n) is 4.60. The Hall–Kier alpha value is -3.02. The quantitative estimate of drug-likeness (QED) is 0.335. The molecule has 1 saturated heterocycles. The summed E-state index contributed by atoms with van der Waals surface area (Å²) in [6.45, 7) is 11.3. The van der Waals surface area contributed by atoms with Gasteiger partial charge in [0.05, 0.1) is 6.61 Å². The first-order valence-corrected chi connectivity index (χ1v) is 11.5. The SMILES string of the molecule is C=C[C@@H]1OC(C)(C)O[C@@H]1[C@](O)(C=C)COC(c1ccccc1)(c1ccccc1)c1ccccc1. The molecule has 3 aromatic rings. The van der Waals surface area contributed by atoms with Gasteiger partial charge in [-0.15, -0.1) is 13.2 Å². The van der Waals surface area contributed by atoms with Crippen molar-refractivity contribution in [2.45, 2.75) is 43.0 Å². The van der Waals surface area contributed by atoms with Gasteiger partial charge in [-0.05, 0) is 30.5 Å². The summed E-state index contributed by atoms with van der Waals surface area (Å²) in [6.07, 6.45) is 1.89. The van der Waals surface area contributed by atoms with Crippen LogP contribution in [-0.4, -0.2) is 35.3 Å². The molecule has 0 amide bonds. The second-order valence-electron chi connectivity index (χ2n) is 9.02. The van der Waals surface area contributed by atoms with E-state index in [0.29, 0.717) is 0 Å². The summed E-state index contributed by atoms with van der Waals surface area (Å²) in [7, 11) is 0. The molecule has 1 aliphatic rings. The topological polar surface area (TPSA) is 47.9 Å². The van der Waals surface area contributed by atoms with E-state index >= 15 is 0 Å². The Morgan fingerprint density at radius 1 is 0.824 bits per heavy atom. The van der Waals surface area contributed by atoms with Gasteiger partial charge < -0.3 is 19.3 Å². The van der Waals surface area contributed by atoms with Gasteiger partial charge >= 0.3 is 0 Å². The van der Waals surface area contributed by atoms with Crippen LogP contribution in [0.15, 0.2) is 116 Å². The van der Waals surface area contributed by atoms with Crippen LogP contribution in [-0.2, 0) is 19.8 Å². The smallest absolute Gasteiger partial charge is 0.164 e. The van der Waals surface area contributed by atoms with E-state index in [1.165, 1.54) is 6.08 Å². The van der Waals surface area contributed by atoms with Crippen LogP contribution in [0, 0.1) is 0 Å². The fourth-order valence-corrected chi connectivity index (χ4v) is 4.60. The summed E-state index contributed by atoms with van der Waals surface area (Å²) < 4.78 is 18.9. The maximum absolute atomic E-state index is 11.8. The van der Waals surface area contributed by atoms with E-state index in [2.05, 4.69) is 13.2 Å². The van der Waals surface area contributed by atoms with Crippen molar-refractivity contribution in [1.82, 2.24) is 0 Å². The van der Waals surface area contributed by atoms with Gasteiger partial charge in [-0.3, -0.25) is 0 Å². The molecule has 4 rings (SSSR count). The number of hydrogen-bond acceptors (Lipinski definition) is 4. The van der Waals surface area contributed by atoms with Crippen LogP contribution < -0.4 is 0 Å². The van der Waals surface area contributed by atoms with Crippen LogP contribution in [0.5, 0.6) is 0 Å². The lowest BCUT2D eigenvalue weighted by atomic mass is 9.79. The minimum absolute atomic E-state index is 0.0797. The minimum atomic E-state index is -1.53. The molecule has 1 heterocycles. The van der Waals surface area contributed by atoms with Crippen LogP contribution >= 0.6 is 0 Å². The largest absolute Gasteiger partial charge is 0.381 e. The predicted octanol–water partition coefficient (Wildman–Crippen LogP) is 5.62. The van der Waals surface area contributed by atoms with Crippen molar-refractivity contribution in [1.29, 1.82) is 0 Å². The number of benzene rings is 3. The van der Waals surface area contributed by atoms with E-state index in [1.807, 2.05) is 105 Å². The molecule has 0 radical (unpaired) electrons. The highest BCUT2D eigenvalue weighted by Crippen LogP contribution is 2.42. The van der Waals surface area contributed by atoms with Crippen molar-refractivity contribution in [2.24, 2.45) is 0 Å². The highest BCUT2D eigenvalue weighted by molar-refractivity contribution is 5.47. The zero-order valence-corrected chi connectivity index (χ0v) is 19.8. The van der Waals surface area contributed by atoms with Crippen LogP contribution in [0.1, 0.15) is 30.5 Å². The van der Waals surface area contributed by atoms with Gasteiger partial charge in [0.1, 0.15) is 23.4 Å². The van der Waals surface area contributed by atoms with Crippen LogP contribution in [0.25, 0.3) is 0 Å². The normalized spacial score (nSPS) is 21.5. The predicted molar refractivity (Wildman–Crippen MR) is 134 cm³/mol. The van der Waals surface area contributed by atoms with Gasteiger partial charge in [-0.25, -0.2) is 0 Å². The van der Waals surface area contributed by atoms with E-state index in [1.54, 1.807) is 6.08 Å². The first-order chi connectivity index (χ1) is 16.3. The molecule has 3 atom stereocenters. The van der Waals surface area contributed by atoms with E-state index < -0.39 is 29.2 Å². The molecule has 4 heteroatoms. The fraction of sp³-hybridized carbons (Fsp3) is 0.267. The third kappa shape index (κ3) is 4.50. The summed E-state index contributed by atoms with van der Waals surface area (Å²) in [4.78, 5) is 0. The van der Waals surface area contributed by atoms with Crippen molar-refractivity contribution in [2.75, 3.05) is 6.61 Å². The molecule has 3 aromatic carbocycles. The summed E-state index contributed by atoms with van der Waals surface area (Å²) in [5, 5.41) is 11.8. The summed E-state index contributed by atoms with van der Waals surface area (Å²) in [5.74, 6) is -0.865. The van der Waals surface area contributed by atoms with E-state index in [0.717, 1.165) is 16.7 Å². The van der Waals surface area contributed by atoms with Crippen LogP contribution in [0.3, 0.4) is 0 Å². The van der Waals surface area contributed by atoms with E-state index in [-0.39, 0.29) is 6.61 Å². The Morgan fingerprint density at radius 2 is 1.26 bits per heavy atom. The molecule has 0 bridgehead atoms. The molecule has 0 saturated carbocycles. The number of hydrogen-bond donors (Lipinski definition) is 1. The second-order valence-corrected chi connectivity index (χ2v) is 9.02. The molecule has 0 spiro atoms. The zero-order chi connectivity index (χ0) is 24.2.